The minimum absolute atomic E-state index is 0.0873. The van der Waals surface area contributed by atoms with E-state index in [1.807, 2.05) is 49.4 Å². The van der Waals surface area contributed by atoms with Crippen molar-refractivity contribution in [2.45, 2.75) is 32.6 Å². The van der Waals surface area contributed by atoms with Gasteiger partial charge in [-0.15, -0.1) is 0 Å². The van der Waals surface area contributed by atoms with Gasteiger partial charge in [-0.1, -0.05) is 49.4 Å². The zero-order valence-electron chi connectivity index (χ0n) is 19.5. The van der Waals surface area contributed by atoms with Gasteiger partial charge in [0, 0.05) is 44.1 Å². The fraction of sp³-hybridized carbons (Fsp3) is 0.333. The van der Waals surface area contributed by atoms with Crippen LogP contribution in [0.4, 0.5) is 16.4 Å². The number of Topliss-reactive ketones (excluding diaryl/α,β-unsaturated/α-hetero) is 1. The van der Waals surface area contributed by atoms with Crippen LogP contribution in [0.2, 0.25) is 0 Å². The molecule has 0 atom stereocenters. The van der Waals surface area contributed by atoms with Crippen molar-refractivity contribution in [1.82, 2.24) is 15.3 Å². The van der Waals surface area contributed by atoms with Gasteiger partial charge in [-0.05, 0) is 48.4 Å². The molecule has 2 N–H and O–H groups in total. The summed E-state index contributed by atoms with van der Waals surface area (Å²) in [6.07, 6.45) is 6.50. The second-order valence-electron chi connectivity index (χ2n) is 8.65. The quantitative estimate of drug-likeness (QED) is 0.456. The van der Waals surface area contributed by atoms with E-state index >= 15 is 0 Å². The number of piperidine rings is 1. The van der Waals surface area contributed by atoms with Gasteiger partial charge < -0.3 is 15.5 Å². The van der Waals surface area contributed by atoms with Gasteiger partial charge in [-0.3, -0.25) is 4.79 Å². The molecule has 4 rings (SSSR count). The normalized spacial score (nSPS) is 14.0. The number of rotatable bonds is 8. The van der Waals surface area contributed by atoms with Crippen LogP contribution in [0.5, 0.6) is 0 Å². The molecule has 176 valence electrons. The standard InChI is InChI=1S/C27H31N5O2/c1-2-6-25(33)23-18-28-26(29-19-23)32-15-13-20(14-16-32)17-30-27(34)31-24-11-9-22(10-12-24)21-7-4-3-5-8-21/h3-5,7-12,18-20H,2,6,13-17H2,1H3,(H2,30,31,34). The van der Waals surface area contributed by atoms with E-state index in [2.05, 4.69) is 37.6 Å². The monoisotopic (exact) mass is 457 g/mol. The third-order valence-electron chi connectivity index (χ3n) is 6.14. The summed E-state index contributed by atoms with van der Waals surface area (Å²) in [6.45, 7) is 4.28. The third kappa shape index (κ3) is 6.19. The SMILES string of the molecule is CCCC(=O)c1cnc(N2CCC(CNC(=O)Nc3ccc(-c4ccccc4)cc3)CC2)nc1. The van der Waals surface area contributed by atoms with Crippen molar-refractivity contribution in [3.05, 3.63) is 72.6 Å². The van der Waals surface area contributed by atoms with Gasteiger partial charge in [0.05, 0.1) is 5.56 Å². The molecule has 2 amide bonds. The van der Waals surface area contributed by atoms with Gasteiger partial charge in [0.25, 0.3) is 0 Å². The first-order valence-corrected chi connectivity index (χ1v) is 11.9. The predicted octanol–water partition coefficient (Wildman–Crippen LogP) is 5.16. The van der Waals surface area contributed by atoms with Crippen LogP contribution in [0.1, 0.15) is 43.0 Å². The Morgan fingerprint density at radius 3 is 2.24 bits per heavy atom. The summed E-state index contributed by atoms with van der Waals surface area (Å²) >= 11 is 0. The Balaban J connectivity index is 1.20. The third-order valence-corrected chi connectivity index (χ3v) is 6.14. The lowest BCUT2D eigenvalue weighted by Gasteiger charge is -2.32. The number of hydrogen-bond donors (Lipinski definition) is 2. The van der Waals surface area contributed by atoms with Crippen molar-refractivity contribution in [2.24, 2.45) is 5.92 Å². The molecule has 7 heteroatoms. The van der Waals surface area contributed by atoms with E-state index in [-0.39, 0.29) is 11.8 Å². The number of ketones is 1. The molecule has 2 heterocycles. The number of amides is 2. The average Bonchev–Trinajstić information content (AvgIpc) is 2.89. The maximum absolute atomic E-state index is 12.3. The van der Waals surface area contributed by atoms with Gasteiger partial charge in [-0.2, -0.15) is 0 Å². The van der Waals surface area contributed by atoms with Crippen LogP contribution in [0.3, 0.4) is 0 Å². The summed E-state index contributed by atoms with van der Waals surface area (Å²) in [5, 5.41) is 5.91. The largest absolute Gasteiger partial charge is 0.341 e. The molecule has 0 aliphatic carbocycles. The Labute approximate surface area is 200 Å². The molecule has 1 saturated heterocycles. The summed E-state index contributed by atoms with van der Waals surface area (Å²) in [5.41, 5.74) is 3.61. The number of carbonyl (C=O) groups excluding carboxylic acids is 2. The summed E-state index contributed by atoms with van der Waals surface area (Å²) in [6, 6.07) is 17.8. The Hall–Kier alpha value is -3.74. The molecule has 0 bridgehead atoms. The zero-order valence-corrected chi connectivity index (χ0v) is 19.5. The van der Waals surface area contributed by atoms with E-state index in [9.17, 15) is 9.59 Å². The van der Waals surface area contributed by atoms with E-state index in [0.717, 1.165) is 49.2 Å². The first kappa shape index (κ1) is 23.4. The van der Waals surface area contributed by atoms with Crippen molar-refractivity contribution in [3.63, 3.8) is 0 Å². The fourth-order valence-corrected chi connectivity index (χ4v) is 4.13. The molecule has 0 unspecified atom stereocenters. The highest BCUT2D eigenvalue weighted by Crippen LogP contribution is 2.22. The number of carbonyl (C=O) groups is 2. The van der Waals surface area contributed by atoms with Crippen molar-refractivity contribution in [1.29, 1.82) is 0 Å². The average molecular weight is 458 g/mol. The maximum Gasteiger partial charge on any atom is 0.319 e. The van der Waals surface area contributed by atoms with Crippen LogP contribution in [-0.2, 0) is 0 Å². The van der Waals surface area contributed by atoms with Crippen molar-refractivity contribution in [3.8, 4) is 11.1 Å². The Morgan fingerprint density at radius 1 is 0.941 bits per heavy atom. The highest BCUT2D eigenvalue weighted by Gasteiger charge is 2.21. The summed E-state index contributed by atoms with van der Waals surface area (Å²) < 4.78 is 0. The Kier molecular flexibility index (Phi) is 7.86. The molecule has 34 heavy (non-hydrogen) atoms. The molecule has 0 saturated carbocycles. The van der Waals surface area contributed by atoms with Crippen LogP contribution in [-0.4, -0.2) is 41.4 Å². The number of hydrogen-bond acceptors (Lipinski definition) is 5. The van der Waals surface area contributed by atoms with E-state index < -0.39 is 0 Å². The topological polar surface area (TPSA) is 87.2 Å². The van der Waals surface area contributed by atoms with Gasteiger partial charge in [0.1, 0.15) is 0 Å². The molecule has 1 aliphatic heterocycles. The van der Waals surface area contributed by atoms with Crippen molar-refractivity contribution in [2.75, 3.05) is 29.9 Å². The maximum atomic E-state index is 12.3. The number of urea groups is 1. The van der Waals surface area contributed by atoms with Crippen LogP contribution in [0.25, 0.3) is 11.1 Å². The summed E-state index contributed by atoms with van der Waals surface area (Å²) in [7, 11) is 0. The molecule has 0 spiro atoms. The van der Waals surface area contributed by atoms with Gasteiger partial charge in [0.15, 0.2) is 5.78 Å². The van der Waals surface area contributed by atoms with Crippen molar-refractivity contribution < 1.29 is 9.59 Å². The fourth-order valence-electron chi connectivity index (χ4n) is 4.13. The van der Waals surface area contributed by atoms with Crippen LogP contribution in [0, 0.1) is 5.92 Å². The van der Waals surface area contributed by atoms with E-state index in [1.165, 1.54) is 0 Å². The molecule has 7 nitrogen and oxygen atoms in total. The first-order chi connectivity index (χ1) is 16.6. The number of nitrogens with one attached hydrogen (secondary N) is 2. The zero-order chi connectivity index (χ0) is 23.8. The van der Waals surface area contributed by atoms with Crippen LogP contribution >= 0.6 is 0 Å². The van der Waals surface area contributed by atoms with Gasteiger partial charge >= 0.3 is 6.03 Å². The smallest absolute Gasteiger partial charge is 0.319 e. The second-order valence-corrected chi connectivity index (χ2v) is 8.65. The van der Waals surface area contributed by atoms with Gasteiger partial charge in [0.2, 0.25) is 5.95 Å². The Morgan fingerprint density at radius 2 is 1.59 bits per heavy atom. The minimum Gasteiger partial charge on any atom is -0.341 e. The minimum atomic E-state index is -0.189. The number of benzene rings is 2. The Bertz CT molecular complexity index is 1080. The van der Waals surface area contributed by atoms with Crippen LogP contribution in [0.15, 0.2) is 67.0 Å². The van der Waals surface area contributed by atoms with E-state index in [1.54, 1.807) is 12.4 Å². The molecule has 1 aliphatic rings. The molecule has 3 aromatic rings. The lowest BCUT2D eigenvalue weighted by Crippen LogP contribution is -2.40. The molecule has 2 aromatic carbocycles. The number of nitrogens with zero attached hydrogens (tertiary/aromatic N) is 3. The second kappa shape index (κ2) is 11.4. The highest BCUT2D eigenvalue weighted by atomic mass is 16.2. The van der Waals surface area contributed by atoms with E-state index in [0.29, 0.717) is 30.4 Å². The number of anilines is 2. The lowest BCUT2D eigenvalue weighted by molar-refractivity contribution is 0.0981. The molecule has 0 radical (unpaired) electrons. The molecular weight excluding hydrogens is 426 g/mol. The highest BCUT2D eigenvalue weighted by molar-refractivity contribution is 5.95. The van der Waals surface area contributed by atoms with Crippen molar-refractivity contribution >= 4 is 23.5 Å². The van der Waals surface area contributed by atoms with Crippen LogP contribution < -0.4 is 15.5 Å². The van der Waals surface area contributed by atoms with E-state index in [4.69, 9.17) is 0 Å². The summed E-state index contributed by atoms with van der Waals surface area (Å²) in [5.74, 6) is 1.16. The lowest BCUT2D eigenvalue weighted by atomic mass is 9.97. The summed E-state index contributed by atoms with van der Waals surface area (Å²) in [4.78, 5) is 35.2. The molecule has 1 fully saturated rings. The first-order valence-electron chi connectivity index (χ1n) is 11.9. The number of aromatic nitrogens is 2. The molecular formula is C27H31N5O2. The predicted molar refractivity (Wildman–Crippen MR) is 135 cm³/mol. The van der Waals surface area contributed by atoms with Gasteiger partial charge in [-0.25, -0.2) is 14.8 Å². The molecule has 1 aromatic heterocycles.